The maximum atomic E-state index is 10.2. The molecule has 5 heterocycles. The smallest absolute Gasteiger partial charge is 0.128 e. The fraction of sp³-hybridized carbons (Fsp3) is 0.308. The summed E-state index contributed by atoms with van der Waals surface area (Å²) in [5, 5.41) is 24.3. The average Bonchev–Trinajstić information content (AvgIpc) is 3.21. The van der Waals surface area contributed by atoms with Gasteiger partial charge in [-0.25, -0.2) is 9.50 Å². The minimum atomic E-state index is -0.960. The van der Waals surface area contributed by atoms with Crippen molar-refractivity contribution in [3.05, 3.63) is 66.2 Å². The van der Waals surface area contributed by atoms with E-state index in [1.54, 1.807) is 30.8 Å². The Labute approximate surface area is 197 Å². The summed E-state index contributed by atoms with van der Waals surface area (Å²) in [4.78, 5) is 11.6. The van der Waals surface area contributed by atoms with E-state index in [0.29, 0.717) is 23.4 Å². The average molecular weight is 452 g/mol. The van der Waals surface area contributed by atoms with Crippen molar-refractivity contribution in [2.24, 2.45) is 17.6 Å². The van der Waals surface area contributed by atoms with Crippen LogP contribution in [0.15, 0.2) is 55.1 Å². The first-order chi connectivity index (χ1) is 16.3. The van der Waals surface area contributed by atoms with E-state index in [9.17, 15) is 10.4 Å². The Hall–Kier alpha value is -3.80. The molecule has 1 aliphatic carbocycles. The molecule has 8 nitrogen and oxygen atoms in total. The van der Waals surface area contributed by atoms with Crippen LogP contribution in [0.1, 0.15) is 25.0 Å². The Kier molecular flexibility index (Phi) is 4.49. The van der Waals surface area contributed by atoms with Gasteiger partial charge in [0.1, 0.15) is 11.9 Å². The number of piperidine rings is 1. The molecule has 3 N–H and O–H groups in total. The number of aliphatic hydroxyl groups is 1. The van der Waals surface area contributed by atoms with Gasteiger partial charge in [0, 0.05) is 60.0 Å². The van der Waals surface area contributed by atoms with Crippen molar-refractivity contribution in [3.8, 4) is 28.5 Å². The standard InChI is InChI=1S/C26H25N7O/c1-26(2,34)18-4-5-22(29-11-18)16-7-19(25-17(8-27)10-31-33(25)12-16)15-3-6-23(30-9-15)32-13-20-21(14-32)24(20)28/h3-7,9-12,20-21,24,34H,13-14,28H2,1-2H3/t20-,21?,24-/m0/s1. The molecule has 4 aromatic heterocycles. The van der Waals surface area contributed by atoms with Crippen molar-refractivity contribution < 1.29 is 5.11 Å². The number of nitrogens with zero attached hydrogens (tertiary/aromatic N) is 6. The Morgan fingerprint density at radius 3 is 2.47 bits per heavy atom. The quantitative estimate of drug-likeness (QED) is 0.490. The Morgan fingerprint density at radius 2 is 1.85 bits per heavy atom. The van der Waals surface area contributed by atoms with Gasteiger partial charge in [0.25, 0.3) is 0 Å². The van der Waals surface area contributed by atoms with Crippen molar-refractivity contribution in [2.45, 2.75) is 25.5 Å². The van der Waals surface area contributed by atoms with E-state index in [1.165, 1.54) is 0 Å². The van der Waals surface area contributed by atoms with Crippen LogP contribution in [0.2, 0.25) is 0 Å². The van der Waals surface area contributed by atoms with Crippen LogP contribution in [0.25, 0.3) is 27.9 Å². The molecule has 8 heteroatoms. The van der Waals surface area contributed by atoms with E-state index in [-0.39, 0.29) is 0 Å². The Bertz CT molecular complexity index is 1420. The van der Waals surface area contributed by atoms with Gasteiger partial charge >= 0.3 is 0 Å². The molecular weight excluding hydrogens is 426 g/mol. The van der Waals surface area contributed by atoms with Crippen LogP contribution in [0.5, 0.6) is 0 Å². The van der Waals surface area contributed by atoms with E-state index in [2.05, 4.69) is 21.1 Å². The molecule has 2 aliphatic rings. The van der Waals surface area contributed by atoms with Crippen LogP contribution in [-0.4, -0.2) is 43.8 Å². The summed E-state index contributed by atoms with van der Waals surface area (Å²) in [6.07, 6.45) is 6.99. The molecule has 0 radical (unpaired) electrons. The Balaban J connectivity index is 1.40. The van der Waals surface area contributed by atoms with Gasteiger partial charge in [-0.05, 0) is 49.9 Å². The monoisotopic (exact) mass is 451 g/mol. The third-order valence-corrected chi connectivity index (χ3v) is 7.14. The number of nitrogens with two attached hydrogens (primary N) is 1. The molecule has 3 atom stereocenters. The molecule has 1 aliphatic heterocycles. The molecule has 4 aromatic rings. The molecule has 0 amide bonds. The first-order valence-electron chi connectivity index (χ1n) is 11.4. The number of nitriles is 1. The van der Waals surface area contributed by atoms with Gasteiger partial charge < -0.3 is 15.7 Å². The molecule has 170 valence electrons. The number of aromatic nitrogens is 4. The second-order valence-corrected chi connectivity index (χ2v) is 9.81. The fourth-order valence-electron chi connectivity index (χ4n) is 4.98. The van der Waals surface area contributed by atoms with E-state index < -0.39 is 5.60 Å². The van der Waals surface area contributed by atoms with Crippen LogP contribution in [-0.2, 0) is 5.60 Å². The Morgan fingerprint density at radius 1 is 1.06 bits per heavy atom. The topological polar surface area (TPSA) is 116 Å². The SMILES string of the molecule is CC(C)(O)c1ccc(-c2cc(-c3ccc(N4CC5[C@@H](N)[C@H]5C4)nc3)c3c(C#N)cnn3c2)nc1. The highest BCUT2D eigenvalue weighted by Crippen LogP contribution is 2.45. The number of rotatable bonds is 4. The van der Waals surface area contributed by atoms with Gasteiger partial charge in [-0.15, -0.1) is 0 Å². The van der Waals surface area contributed by atoms with Crippen LogP contribution in [0.4, 0.5) is 5.82 Å². The zero-order valence-corrected chi connectivity index (χ0v) is 19.1. The van der Waals surface area contributed by atoms with Gasteiger partial charge in [-0.3, -0.25) is 4.98 Å². The van der Waals surface area contributed by atoms with E-state index in [4.69, 9.17) is 10.7 Å². The first-order valence-corrected chi connectivity index (χ1v) is 11.4. The highest BCUT2D eigenvalue weighted by molar-refractivity contribution is 5.87. The number of anilines is 1. The number of hydrogen-bond donors (Lipinski definition) is 2. The van der Waals surface area contributed by atoms with Crippen LogP contribution in [0, 0.1) is 23.2 Å². The normalized spacial score (nSPS) is 21.5. The maximum Gasteiger partial charge on any atom is 0.128 e. The summed E-state index contributed by atoms with van der Waals surface area (Å²) in [5.74, 6) is 2.14. The maximum absolute atomic E-state index is 10.2. The summed E-state index contributed by atoms with van der Waals surface area (Å²) in [6.45, 7) is 5.39. The molecule has 6 rings (SSSR count). The summed E-state index contributed by atoms with van der Waals surface area (Å²) < 4.78 is 1.72. The second-order valence-electron chi connectivity index (χ2n) is 9.81. The molecule has 1 unspecified atom stereocenters. The second kappa shape index (κ2) is 7.35. The molecule has 34 heavy (non-hydrogen) atoms. The number of hydrogen-bond acceptors (Lipinski definition) is 7. The van der Waals surface area contributed by atoms with Crippen LogP contribution >= 0.6 is 0 Å². The summed E-state index contributed by atoms with van der Waals surface area (Å²) in [5.41, 5.74) is 10.5. The highest BCUT2D eigenvalue weighted by atomic mass is 16.3. The lowest BCUT2D eigenvalue weighted by Crippen LogP contribution is -2.28. The van der Waals surface area contributed by atoms with Gasteiger partial charge in [0.2, 0.25) is 0 Å². The third-order valence-electron chi connectivity index (χ3n) is 7.14. The molecule has 1 saturated carbocycles. The largest absolute Gasteiger partial charge is 0.386 e. The molecule has 0 aromatic carbocycles. The van der Waals surface area contributed by atoms with Gasteiger partial charge in [0.05, 0.1) is 28.6 Å². The summed E-state index contributed by atoms with van der Waals surface area (Å²) in [6, 6.07) is 12.5. The molecule has 0 spiro atoms. The van der Waals surface area contributed by atoms with Gasteiger partial charge in [-0.2, -0.15) is 10.4 Å². The highest BCUT2D eigenvalue weighted by Gasteiger charge is 2.53. The van der Waals surface area contributed by atoms with Crippen molar-refractivity contribution in [1.29, 1.82) is 5.26 Å². The first kappa shape index (κ1) is 20.8. The van der Waals surface area contributed by atoms with Gasteiger partial charge in [-0.1, -0.05) is 6.07 Å². The lowest BCUT2D eigenvalue weighted by Gasteiger charge is -2.20. The predicted molar refractivity (Wildman–Crippen MR) is 129 cm³/mol. The number of pyridine rings is 3. The van der Waals surface area contributed by atoms with E-state index >= 15 is 0 Å². The van der Waals surface area contributed by atoms with Crippen molar-refractivity contribution in [1.82, 2.24) is 19.6 Å². The summed E-state index contributed by atoms with van der Waals surface area (Å²) in [7, 11) is 0. The molecule has 0 bridgehead atoms. The van der Waals surface area contributed by atoms with Crippen molar-refractivity contribution >= 4 is 11.3 Å². The minimum Gasteiger partial charge on any atom is -0.386 e. The molecule has 1 saturated heterocycles. The van der Waals surface area contributed by atoms with Gasteiger partial charge in [0.15, 0.2) is 0 Å². The van der Waals surface area contributed by atoms with Crippen LogP contribution in [0.3, 0.4) is 0 Å². The lowest BCUT2D eigenvalue weighted by atomic mass is 9.99. The minimum absolute atomic E-state index is 0.351. The van der Waals surface area contributed by atoms with E-state index in [1.807, 2.05) is 42.7 Å². The van der Waals surface area contributed by atoms with E-state index in [0.717, 1.165) is 52.4 Å². The zero-order chi connectivity index (χ0) is 23.6. The number of fused-ring (bicyclic) bond motifs is 2. The lowest BCUT2D eigenvalue weighted by molar-refractivity contribution is 0.0782. The molecular formula is C26H25N7O. The fourth-order valence-corrected chi connectivity index (χ4v) is 4.98. The van der Waals surface area contributed by atoms with Crippen LogP contribution < -0.4 is 10.6 Å². The molecule has 2 fully saturated rings. The zero-order valence-electron chi connectivity index (χ0n) is 19.1. The van der Waals surface area contributed by atoms with Crippen molar-refractivity contribution in [2.75, 3.05) is 18.0 Å². The summed E-state index contributed by atoms with van der Waals surface area (Å²) >= 11 is 0. The predicted octanol–water partition coefficient (Wildman–Crippen LogP) is 2.95. The third kappa shape index (κ3) is 3.33. The van der Waals surface area contributed by atoms with Crippen molar-refractivity contribution in [3.63, 3.8) is 0 Å².